The van der Waals surface area contributed by atoms with Crippen molar-refractivity contribution >= 4 is 35.0 Å². The molecule has 0 radical (unpaired) electrons. The summed E-state index contributed by atoms with van der Waals surface area (Å²) in [6.45, 7) is 5.33. The summed E-state index contributed by atoms with van der Waals surface area (Å²) in [7, 11) is 4.87. The predicted octanol–water partition coefficient (Wildman–Crippen LogP) is 3.65. The summed E-state index contributed by atoms with van der Waals surface area (Å²) in [4.78, 5) is 45.7. The number of amides is 2. The summed E-state index contributed by atoms with van der Waals surface area (Å²) >= 11 is 0. The summed E-state index contributed by atoms with van der Waals surface area (Å²) < 4.78 is 19.5. The van der Waals surface area contributed by atoms with E-state index in [-0.39, 0.29) is 52.8 Å². The van der Waals surface area contributed by atoms with Crippen molar-refractivity contribution in [2.45, 2.75) is 82.8 Å². The van der Waals surface area contributed by atoms with Gasteiger partial charge >= 0.3 is 6.09 Å². The summed E-state index contributed by atoms with van der Waals surface area (Å²) in [6, 6.07) is 5.07. The molecule has 2 N–H and O–H groups in total. The molecule has 0 spiro atoms. The molecule has 2 aliphatic carbocycles. The molecule has 0 saturated heterocycles. The minimum Gasteiger partial charge on any atom is -0.443 e. The van der Waals surface area contributed by atoms with Gasteiger partial charge in [-0.2, -0.15) is 9.61 Å². The Hall–Kier alpha value is -3.97. The van der Waals surface area contributed by atoms with Gasteiger partial charge in [0.15, 0.2) is 5.65 Å². The normalized spacial score (nSPS) is 22.0. The molecule has 0 aliphatic heterocycles. The Labute approximate surface area is 244 Å². The van der Waals surface area contributed by atoms with Crippen molar-refractivity contribution in [1.29, 1.82) is 0 Å². The van der Waals surface area contributed by atoms with E-state index < -0.39 is 11.7 Å². The van der Waals surface area contributed by atoms with Crippen LogP contribution in [0.25, 0.3) is 5.65 Å². The van der Waals surface area contributed by atoms with Crippen LogP contribution in [0.1, 0.15) is 69.3 Å². The Kier molecular flexibility index (Phi) is 8.24. The van der Waals surface area contributed by atoms with Crippen LogP contribution in [-0.2, 0) is 14.2 Å². The zero-order chi connectivity index (χ0) is 30.2. The van der Waals surface area contributed by atoms with Crippen molar-refractivity contribution in [3.8, 4) is 0 Å². The smallest absolute Gasteiger partial charge is 0.415 e. The topological polar surface area (TPSA) is 141 Å². The van der Waals surface area contributed by atoms with E-state index in [1.807, 2.05) is 6.07 Å². The first-order valence-electron chi connectivity index (χ1n) is 14.2. The van der Waals surface area contributed by atoms with Crippen molar-refractivity contribution in [2.75, 3.05) is 31.5 Å². The molecule has 1 unspecified atom stereocenters. The monoisotopic (exact) mass is 581 g/mol. The van der Waals surface area contributed by atoms with Crippen LogP contribution in [0.2, 0.25) is 0 Å². The summed E-state index contributed by atoms with van der Waals surface area (Å²) in [5.74, 6) is 0.200. The SMILES string of the molecule is COC1CCC(n2cccc(Nc3cc(N(C)C(=O)OC(C)(C)C)n4ncc(C(=O)NC5C[C@H]5OC)c4n3)c2=O)CC1. The zero-order valence-electron chi connectivity index (χ0n) is 24.9. The van der Waals surface area contributed by atoms with Crippen molar-refractivity contribution in [3.63, 3.8) is 0 Å². The second-order valence-corrected chi connectivity index (χ2v) is 11.8. The lowest BCUT2D eigenvalue weighted by molar-refractivity contribution is 0.0579. The van der Waals surface area contributed by atoms with Crippen LogP contribution in [0.4, 0.5) is 22.1 Å². The van der Waals surface area contributed by atoms with Crippen LogP contribution in [0.5, 0.6) is 0 Å². The Morgan fingerprint density at radius 1 is 1.12 bits per heavy atom. The molecule has 226 valence electrons. The minimum atomic E-state index is -0.729. The molecule has 2 amide bonds. The molecule has 2 fully saturated rings. The number of methoxy groups -OCH3 is 2. The number of pyridine rings is 1. The fourth-order valence-electron chi connectivity index (χ4n) is 5.25. The third-order valence-electron chi connectivity index (χ3n) is 7.67. The summed E-state index contributed by atoms with van der Waals surface area (Å²) in [5.41, 5.74) is -0.160. The molecule has 0 bridgehead atoms. The van der Waals surface area contributed by atoms with Gasteiger partial charge in [0, 0.05) is 39.6 Å². The Morgan fingerprint density at radius 2 is 1.86 bits per heavy atom. The van der Waals surface area contributed by atoms with Gasteiger partial charge in [-0.15, -0.1) is 0 Å². The zero-order valence-corrected chi connectivity index (χ0v) is 24.9. The molecule has 3 aromatic heterocycles. The maximum Gasteiger partial charge on any atom is 0.415 e. The Bertz CT molecular complexity index is 1520. The summed E-state index contributed by atoms with van der Waals surface area (Å²) in [6.07, 6.45) is 6.98. The van der Waals surface area contributed by atoms with Crippen LogP contribution in [0.3, 0.4) is 0 Å². The molecule has 3 heterocycles. The minimum absolute atomic E-state index is 0.0281. The molecule has 13 heteroatoms. The van der Waals surface area contributed by atoms with Gasteiger partial charge in [0.1, 0.15) is 28.5 Å². The van der Waals surface area contributed by atoms with E-state index in [1.54, 1.807) is 64.9 Å². The standard InChI is InChI=1S/C29H39N7O6/c1-29(2,3)42-28(39)34(4)24-15-23(33-25-19(16-30-36(24)25)26(37)32-21-14-22(21)41-6)31-20-8-7-13-35(27(20)38)17-9-11-18(40-5)12-10-17/h7-8,13,15-18,21-22H,9-12,14H2,1-6H3,(H,31,33)(H,32,37)/t17?,18?,21?,22-/m1/s1. The Balaban J connectivity index is 1.50. The molecular formula is C29H39N7O6. The number of hydrogen-bond acceptors (Lipinski definition) is 9. The van der Waals surface area contributed by atoms with Crippen molar-refractivity contribution in [3.05, 3.63) is 46.5 Å². The maximum absolute atomic E-state index is 13.5. The first-order chi connectivity index (χ1) is 20.0. The van der Waals surface area contributed by atoms with Crippen LogP contribution in [-0.4, -0.2) is 76.3 Å². The summed E-state index contributed by atoms with van der Waals surface area (Å²) in [5, 5.41) is 10.4. The Morgan fingerprint density at radius 3 is 2.50 bits per heavy atom. The number of nitrogens with one attached hydrogen (secondary N) is 2. The maximum atomic E-state index is 13.5. The number of carbonyl (C=O) groups is 2. The number of fused-ring (bicyclic) bond motifs is 1. The highest BCUT2D eigenvalue weighted by Gasteiger charge is 2.39. The molecule has 0 aromatic carbocycles. The van der Waals surface area contributed by atoms with Gasteiger partial charge in [-0.3, -0.25) is 14.5 Å². The molecule has 3 aromatic rings. The van der Waals surface area contributed by atoms with Gasteiger partial charge in [0.2, 0.25) is 0 Å². The second-order valence-electron chi connectivity index (χ2n) is 11.8. The van der Waals surface area contributed by atoms with Gasteiger partial charge in [0.25, 0.3) is 11.5 Å². The van der Waals surface area contributed by atoms with Gasteiger partial charge in [-0.05, 0) is 65.0 Å². The first kappa shape index (κ1) is 29.5. The van der Waals surface area contributed by atoms with E-state index in [4.69, 9.17) is 14.2 Å². The molecule has 5 rings (SSSR count). The van der Waals surface area contributed by atoms with Gasteiger partial charge in [-0.25, -0.2) is 9.78 Å². The molecule has 42 heavy (non-hydrogen) atoms. The van der Waals surface area contributed by atoms with Crippen LogP contribution in [0, 0.1) is 0 Å². The molecule has 2 atom stereocenters. The number of rotatable bonds is 8. The number of hydrogen-bond donors (Lipinski definition) is 2. The lowest BCUT2D eigenvalue weighted by atomic mass is 9.92. The van der Waals surface area contributed by atoms with E-state index in [1.165, 1.54) is 15.6 Å². The third kappa shape index (κ3) is 6.26. The highest BCUT2D eigenvalue weighted by atomic mass is 16.6. The van der Waals surface area contributed by atoms with E-state index in [0.29, 0.717) is 11.5 Å². The van der Waals surface area contributed by atoms with Gasteiger partial charge in [-0.1, -0.05) is 0 Å². The van der Waals surface area contributed by atoms with Gasteiger partial charge < -0.3 is 29.4 Å². The number of ether oxygens (including phenoxy) is 3. The average Bonchev–Trinajstić information content (AvgIpc) is 3.57. The molecule has 2 aliphatic rings. The van der Waals surface area contributed by atoms with Crippen molar-refractivity contribution in [1.82, 2.24) is 24.5 Å². The molecular weight excluding hydrogens is 542 g/mol. The predicted molar refractivity (Wildman–Crippen MR) is 157 cm³/mol. The van der Waals surface area contributed by atoms with E-state index in [9.17, 15) is 14.4 Å². The molecule has 2 saturated carbocycles. The quantitative estimate of drug-likeness (QED) is 0.408. The number of carbonyl (C=O) groups excluding carboxylic acids is 2. The van der Waals surface area contributed by atoms with E-state index in [0.717, 1.165) is 32.1 Å². The van der Waals surface area contributed by atoms with E-state index >= 15 is 0 Å². The lowest BCUT2D eigenvalue weighted by Gasteiger charge is -2.29. The third-order valence-corrected chi connectivity index (χ3v) is 7.67. The fourth-order valence-corrected chi connectivity index (χ4v) is 5.25. The van der Waals surface area contributed by atoms with Crippen molar-refractivity contribution in [2.24, 2.45) is 0 Å². The van der Waals surface area contributed by atoms with Crippen LogP contribution < -0.4 is 21.1 Å². The largest absolute Gasteiger partial charge is 0.443 e. The number of nitrogens with zero attached hydrogens (tertiary/aromatic N) is 5. The van der Waals surface area contributed by atoms with E-state index in [2.05, 4.69) is 20.7 Å². The van der Waals surface area contributed by atoms with Crippen LogP contribution in [0.15, 0.2) is 35.4 Å². The highest BCUT2D eigenvalue weighted by molar-refractivity contribution is 6.01. The highest BCUT2D eigenvalue weighted by Crippen LogP contribution is 2.30. The number of aromatic nitrogens is 4. The van der Waals surface area contributed by atoms with Gasteiger partial charge in [0.05, 0.1) is 24.4 Å². The first-order valence-corrected chi connectivity index (χ1v) is 14.2. The molecule has 13 nitrogen and oxygen atoms in total. The van der Waals surface area contributed by atoms with Crippen molar-refractivity contribution < 1.29 is 23.8 Å². The second kappa shape index (κ2) is 11.7. The fraction of sp³-hybridized carbons (Fsp3) is 0.552. The lowest BCUT2D eigenvalue weighted by Crippen LogP contribution is -2.35. The average molecular weight is 582 g/mol. The number of anilines is 3. The van der Waals surface area contributed by atoms with Crippen LogP contribution >= 0.6 is 0 Å².